The molecule has 1 aliphatic rings. The molecule has 6 N–H and O–H groups in total. The van der Waals surface area contributed by atoms with Crippen LogP contribution in [0.15, 0.2) is 72.8 Å². The minimum absolute atomic E-state index is 0.107. The maximum atomic E-state index is 16.0. The largest absolute Gasteiger partial charge is 0.469 e. The van der Waals surface area contributed by atoms with Gasteiger partial charge in [-0.1, -0.05) is 57.9 Å². The Balaban J connectivity index is 1.48. The third kappa shape index (κ3) is 7.18. The van der Waals surface area contributed by atoms with Crippen molar-refractivity contribution >= 4 is 16.9 Å². The summed E-state index contributed by atoms with van der Waals surface area (Å²) < 4.78 is 22.7. The second-order valence-corrected chi connectivity index (χ2v) is 15.0. The summed E-state index contributed by atoms with van der Waals surface area (Å²) in [5, 5.41) is 19.0. The molecule has 1 aliphatic heterocycles. The Morgan fingerprint density at radius 1 is 1.15 bits per heavy atom. The quantitative estimate of drug-likeness (QED) is 0.124. The van der Waals surface area contributed by atoms with Crippen molar-refractivity contribution in [1.82, 2.24) is 29.7 Å². The number of hydrogen-bond acceptors (Lipinski definition) is 9. The number of hydrazine groups is 1. The molecule has 3 aromatic heterocycles. The lowest BCUT2D eigenvalue weighted by molar-refractivity contribution is -0.144. The predicted octanol–water partition coefficient (Wildman–Crippen LogP) is 6.31. The van der Waals surface area contributed by atoms with Crippen molar-refractivity contribution in [2.75, 3.05) is 7.11 Å². The average Bonchev–Trinajstić information content (AvgIpc) is 3.76. The third-order valence-corrected chi connectivity index (χ3v) is 10.7. The number of aliphatic hydroxyl groups is 1. The Morgan fingerprint density at radius 2 is 1.92 bits per heavy atom. The number of aromatic amines is 1. The van der Waals surface area contributed by atoms with Gasteiger partial charge in [0.25, 0.3) is 0 Å². The molecule has 0 amide bonds. The molecule has 274 valence electrons. The Labute approximate surface area is 303 Å². The molecule has 2 unspecified atom stereocenters. The summed E-state index contributed by atoms with van der Waals surface area (Å²) in [5.74, 6) is 6.59. The van der Waals surface area contributed by atoms with E-state index in [-0.39, 0.29) is 24.0 Å². The van der Waals surface area contributed by atoms with Crippen molar-refractivity contribution in [2.45, 2.75) is 77.9 Å². The van der Waals surface area contributed by atoms with Crippen molar-refractivity contribution < 1.29 is 19.0 Å². The Bertz CT molecular complexity index is 2120. The fourth-order valence-electron chi connectivity index (χ4n) is 7.31. The molecular weight excluding hydrogens is 659 g/mol. The van der Waals surface area contributed by atoms with Crippen molar-refractivity contribution in [2.24, 2.45) is 30.0 Å². The van der Waals surface area contributed by atoms with Crippen molar-refractivity contribution in [3.05, 3.63) is 112 Å². The van der Waals surface area contributed by atoms with E-state index in [0.29, 0.717) is 46.1 Å². The van der Waals surface area contributed by atoms with Crippen LogP contribution in [0.2, 0.25) is 0 Å². The number of ether oxygens (including phenoxy) is 1. The predicted molar refractivity (Wildman–Crippen MR) is 199 cm³/mol. The molecule has 0 saturated heterocycles. The molecule has 0 fully saturated rings. The van der Waals surface area contributed by atoms with Gasteiger partial charge in [-0.05, 0) is 72.7 Å². The number of carbonyl (C=O) groups is 1. The summed E-state index contributed by atoms with van der Waals surface area (Å²) in [4.78, 5) is 25.0. The molecule has 3 atom stereocenters. The first-order valence-corrected chi connectivity index (χ1v) is 17.7. The minimum Gasteiger partial charge on any atom is -0.469 e. The second kappa shape index (κ2) is 14.5. The number of benzene rings is 2. The number of H-pyrrole nitrogens is 1. The normalized spacial score (nSPS) is 21.3. The Hall–Kier alpha value is -5.07. The highest BCUT2D eigenvalue weighted by Gasteiger charge is 2.35. The number of rotatable bonds is 4. The van der Waals surface area contributed by atoms with E-state index in [0.717, 1.165) is 42.2 Å². The number of fused-ring (bicyclic) bond motifs is 8. The molecular formula is C40H49FN8O3. The fourth-order valence-corrected chi connectivity index (χ4v) is 7.31. The maximum absolute atomic E-state index is 16.0. The van der Waals surface area contributed by atoms with Gasteiger partial charge in [0.2, 0.25) is 0 Å². The van der Waals surface area contributed by atoms with Gasteiger partial charge in [0.05, 0.1) is 25.0 Å². The molecule has 0 radical (unpaired) electrons. The lowest BCUT2D eigenvalue weighted by atomic mass is 9.75. The standard InChI is InChI=1S/C40H49FN8O3/c1-24(37(51)52-6)18-25-10-9-11-27(19-25)40(4)15-8-7-14-39(2,3)33(42)23-49(43)22-29-28-13-17-44-31(28)21-30(41)34(29)35(50)26-12-16-45-32(20-26)36-46-38(40)47-48(36)5/h9-13,16-17,19-21,23-24,35,44,50H,7-8,14-15,18,22,42-43H2,1-6H3/b33-23-/t24?,35?,40-/m1/s1. The van der Waals surface area contributed by atoms with Crippen LogP contribution >= 0.6 is 0 Å². The number of aromatic nitrogens is 5. The molecule has 4 bridgehead atoms. The molecule has 0 spiro atoms. The molecule has 0 saturated carbocycles. The average molecular weight is 709 g/mol. The number of nitrogens with one attached hydrogen (secondary N) is 1. The van der Waals surface area contributed by atoms with Gasteiger partial charge >= 0.3 is 5.97 Å². The van der Waals surface area contributed by atoms with Gasteiger partial charge in [-0.3, -0.25) is 9.78 Å². The van der Waals surface area contributed by atoms with Crippen LogP contribution < -0.4 is 11.6 Å². The number of carbonyl (C=O) groups excluding carboxylic acids is 1. The van der Waals surface area contributed by atoms with Gasteiger partial charge in [0.15, 0.2) is 11.6 Å². The lowest BCUT2D eigenvalue weighted by Gasteiger charge is -2.30. The van der Waals surface area contributed by atoms with Crippen LogP contribution in [0.3, 0.4) is 0 Å². The topological polar surface area (TPSA) is 161 Å². The van der Waals surface area contributed by atoms with Crippen molar-refractivity contribution in [3.8, 4) is 11.5 Å². The van der Waals surface area contributed by atoms with Gasteiger partial charge in [0, 0.05) is 53.2 Å². The summed E-state index contributed by atoms with van der Waals surface area (Å²) in [6.07, 6.45) is 7.49. The first kappa shape index (κ1) is 36.7. The van der Waals surface area contributed by atoms with E-state index in [9.17, 15) is 9.90 Å². The Morgan fingerprint density at radius 3 is 2.69 bits per heavy atom. The summed E-state index contributed by atoms with van der Waals surface area (Å²) in [6.45, 7) is 8.31. The van der Waals surface area contributed by atoms with Gasteiger partial charge < -0.3 is 25.6 Å². The van der Waals surface area contributed by atoms with E-state index in [1.807, 2.05) is 32.2 Å². The van der Waals surface area contributed by atoms with E-state index >= 15 is 4.39 Å². The smallest absolute Gasteiger partial charge is 0.308 e. The minimum atomic E-state index is -1.34. The van der Waals surface area contributed by atoms with Crippen LogP contribution in [0, 0.1) is 17.2 Å². The van der Waals surface area contributed by atoms with Gasteiger partial charge in [-0.25, -0.2) is 19.9 Å². The van der Waals surface area contributed by atoms with Crippen LogP contribution in [0.1, 0.15) is 93.1 Å². The number of aliphatic hydroxyl groups excluding tert-OH is 1. The summed E-state index contributed by atoms with van der Waals surface area (Å²) in [7, 11) is 3.23. The Kier molecular flexibility index (Phi) is 10.2. The number of esters is 1. The number of nitrogens with zero attached hydrogens (tertiary/aromatic N) is 5. The zero-order chi connectivity index (χ0) is 37.4. The number of allylic oxidation sites excluding steroid dienone is 1. The van der Waals surface area contributed by atoms with E-state index in [1.54, 1.807) is 35.4 Å². The lowest BCUT2D eigenvalue weighted by Crippen LogP contribution is -2.31. The maximum Gasteiger partial charge on any atom is 0.308 e. The van der Waals surface area contributed by atoms with Gasteiger partial charge in [-0.15, -0.1) is 0 Å². The van der Waals surface area contributed by atoms with Gasteiger partial charge in [0.1, 0.15) is 17.6 Å². The molecule has 2 aromatic carbocycles. The van der Waals surface area contributed by atoms with E-state index in [1.165, 1.54) is 18.2 Å². The fraction of sp³-hybridized carbons (Fsp3) is 0.400. The number of pyridine rings is 1. The van der Waals surface area contributed by atoms with E-state index < -0.39 is 22.8 Å². The SMILES string of the molecule is COC(=O)C(C)Cc1cccc([C@@]2(C)CCCCC(C)(C)/C(N)=C/N(N)Cc3c(c(F)cc4[nH]ccc34)C(O)c3ccnc(c3)-c3nc2nn3C)c1. The molecule has 6 rings (SSSR count). The van der Waals surface area contributed by atoms with E-state index in [4.69, 9.17) is 26.4 Å². The second-order valence-electron chi connectivity index (χ2n) is 15.0. The number of methoxy groups -OCH3 is 1. The summed E-state index contributed by atoms with van der Waals surface area (Å²) in [5.41, 5.74) is 10.6. The van der Waals surface area contributed by atoms with Crippen LogP contribution in [0.4, 0.5) is 4.39 Å². The zero-order valence-corrected chi connectivity index (χ0v) is 30.8. The van der Waals surface area contributed by atoms with Crippen LogP contribution in [-0.4, -0.2) is 47.9 Å². The van der Waals surface area contributed by atoms with Crippen LogP contribution in [0.5, 0.6) is 0 Å². The van der Waals surface area contributed by atoms with Gasteiger partial charge in [-0.2, -0.15) is 5.10 Å². The molecule has 4 heterocycles. The van der Waals surface area contributed by atoms with Crippen molar-refractivity contribution in [1.29, 1.82) is 0 Å². The van der Waals surface area contributed by atoms with Crippen LogP contribution in [0.25, 0.3) is 22.4 Å². The molecule has 52 heavy (non-hydrogen) atoms. The summed E-state index contributed by atoms with van der Waals surface area (Å²) in [6, 6.07) is 14.9. The number of hydrogen-bond donors (Lipinski definition) is 4. The molecule has 12 heteroatoms. The molecule has 5 aromatic rings. The highest BCUT2D eigenvalue weighted by molar-refractivity contribution is 5.84. The van der Waals surface area contributed by atoms with Crippen molar-refractivity contribution in [3.63, 3.8) is 0 Å². The molecule has 0 aliphatic carbocycles. The number of nitrogens with two attached hydrogens (primary N) is 2. The number of halogens is 1. The van der Waals surface area contributed by atoms with E-state index in [2.05, 4.69) is 42.9 Å². The summed E-state index contributed by atoms with van der Waals surface area (Å²) >= 11 is 0. The zero-order valence-electron chi connectivity index (χ0n) is 30.8. The highest BCUT2D eigenvalue weighted by Crippen LogP contribution is 2.40. The number of aryl methyl sites for hydroxylation is 1. The third-order valence-electron chi connectivity index (χ3n) is 10.7. The highest BCUT2D eigenvalue weighted by atomic mass is 19.1. The first-order chi connectivity index (χ1) is 24.7. The van der Waals surface area contributed by atoms with Crippen LogP contribution in [-0.2, 0) is 35.0 Å². The first-order valence-electron chi connectivity index (χ1n) is 17.7. The monoisotopic (exact) mass is 708 g/mol. The molecule has 11 nitrogen and oxygen atoms in total.